The second kappa shape index (κ2) is 7.36. The molecule has 23 heavy (non-hydrogen) atoms. The van der Waals surface area contributed by atoms with Crippen molar-refractivity contribution in [2.24, 2.45) is 0 Å². The van der Waals surface area contributed by atoms with Crippen molar-refractivity contribution in [3.8, 4) is 5.75 Å². The van der Waals surface area contributed by atoms with Gasteiger partial charge in [0.1, 0.15) is 17.0 Å². The molecule has 0 bridgehead atoms. The highest BCUT2D eigenvalue weighted by atomic mass is 79.9. The number of nitrogens with one attached hydrogen (secondary N) is 1. The fourth-order valence-corrected chi connectivity index (χ4v) is 2.49. The molecule has 0 aliphatic rings. The number of furan rings is 1. The van der Waals surface area contributed by atoms with Crippen molar-refractivity contribution in [1.82, 2.24) is 0 Å². The summed E-state index contributed by atoms with van der Waals surface area (Å²) in [5.41, 5.74) is 0.570. The van der Waals surface area contributed by atoms with Gasteiger partial charge in [0.2, 0.25) is 5.76 Å². The molecule has 2 rings (SSSR count). The number of benzene rings is 1. The monoisotopic (exact) mass is 385 g/mol. The number of halogens is 1. The fourth-order valence-electron chi connectivity index (χ4n) is 1.99. The Bertz CT molecular complexity index is 739. The number of carbonyl (C=O) groups excluding carboxylic acids is 2. The third-order valence-corrected chi connectivity index (χ3v) is 3.55. The van der Waals surface area contributed by atoms with E-state index in [1.807, 2.05) is 0 Å². The predicted octanol–water partition coefficient (Wildman–Crippen LogP) is 3.95. The molecule has 8 heteroatoms. The van der Waals surface area contributed by atoms with Gasteiger partial charge in [-0.25, -0.2) is 9.59 Å². The smallest absolute Gasteiger partial charge is 0.411 e. The number of methoxy groups -OCH3 is 1. The molecule has 1 amide bonds. The first-order valence-corrected chi connectivity index (χ1v) is 7.72. The Morgan fingerprint density at radius 2 is 1.91 bits per heavy atom. The van der Waals surface area contributed by atoms with Crippen LogP contribution in [-0.4, -0.2) is 32.4 Å². The summed E-state index contributed by atoms with van der Waals surface area (Å²) >= 11 is 3.36. The van der Waals surface area contributed by atoms with Gasteiger partial charge in [-0.3, -0.25) is 5.32 Å². The Hall–Kier alpha value is -2.22. The fraction of sp³-hybridized carbons (Fsp3) is 0.333. The third-order valence-electron chi connectivity index (χ3n) is 2.93. The molecule has 0 saturated carbocycles. The summed E-state index contributed by atoms with van der Waals surface area (Å²) in [6, 6.07) is 3.29. The summed E-state index contributed by atoms with van der Waals surface area (Å²) in [4.78, 5) is 23.8. The Balaban J connectivity index is 2.57. The zero-order chi connectivity index (χ0) is 17.0. The highest BCUT2D eigenvalue weighted by molar-refractivity contribution is 9.10. The first kappa shape index (κ1) is 17.1. The molecule has 1 aromatic carbocycles. The van der Waals surface area contributed by atoms with Crippen molar-refractivity contribution in [2.75, 3.05) is 25.6 Å². The highest BCUT2D eigenvalue weighted by Gasteiger charge is 2.25. The maximum atomic E-state index is 12.1. The molecule has 7 nitrogen and oxygen atoms in total. The molecule has 2 aromatic rings. The first-order chi connectivity index (χ1) is 11.0. The Labute approximate surface area is 141 Å². The average Bonchev–Trinajstić information content (AvgIpc) is 2.85. The lowest BCUT2D eigenvalue weighted by atomic mass is 10.2. The van der Waals surface area contributed by atoms with Gasteiger partial charge in [-0.05, 0) is 35.8 Å². The van der Waals surface area contributed by atoms with Crippen LogP contribution in [0.5, 0.6) is 5.75 Å². The molecule has 0 unspecified atom stereocenters. The molecule has 1 aromatic heterocycles. The van der Waals surface area contributed by atoms with E-state index in [-0.39, 0.29) is 24.7 Å². The van der Waals surface area contributed by atoms with Crippen molar-refractivity contribution in [3.63, 3.8) is 0 Å². The molecule has 0 fully saturated rings. The molecule has 0 aliphatic carbocycles. The molecule has 0 aliphatic heterocycles. The van der Waals surface area contributed by atoms with Crippen molar-refractivity contribution >= 4 is 44.6 Å². The van der Waals surface area contributed by atoms with Gasteiger partial charge in [-0.2, -0.15) is 0 Å². The number of carbonyl (C=O) groups is 2. The number of anilines is 1. The van der Waals surface area contributed by atoms with Gasteiger partial charge in [0.05, 0.1) is 24.8 Å². The molecule has 0 atom stereocenters. The van der Waals surface area contributed by atoms with E-state index < -0.39 is 12.1 Å². The topological polar surface area (TPSA) is 87.0 Å². The highest BCUT2D eigenvalue weighted by Crippen LogP contribution is 2.38. The van der Waals surface area contributed by atoms with Crippen LogP contribution < -0.4 is 10.1 Å². The maximum absolute atomic E-state index is 12.1. The number of esters is 1. The quantitative estimate of drug-likeness (QED) is 0.784. The van der Waals surface area contributed by atoms with Gasteiger partial charge >= 0.3 is 12.1 Å². The lowest BCUT2D eigenvalue weighted by molar-refractivity contribution is 0.0494. The minimum Gasteiger partial charge on any atom is -0.495 e. The van der Waals surface area contributed by atoms with Gasteiger partial charge in [-0.1, -0.05) is 0 Å². The number of amides is 1. The van der Waals surface area contributed by atoms with E-state index in [9.17, 15) is 9.59 Å². The molecule has 1 N–H and O–H groups in total. The van der Waals surface area contributed by atoms with Crippen molar-refractivity contribution in [2.45, 2.75) is 13.8 Å². The summed E-state index contributed by atoms with van der Waals surface area (Å²) in [6.45, 7) is 3.75. The van der Waals surface area contributed by atoms with E-state index in [0.29, 0.717) is 21.2 Å². The molecular formula is C15H16BrNO6. The van der Waals surface area contributed by atoms with Crippen LogP contribution in [0.15, 0.2) is 21.0 Å². The Kier molecular flexibility index (Phi) is 5.49. The van der Waals surface area contributed by atoms with Crippen LogP contribution >= 0.6 is 15.9 Å². The molecule has 0 radical (unpaired) electrons. The van der Waals surface area contributed by atoms with Gasteiger partial charge < -0.3 is 18.6 Å². The third kappa shape index (κ3) is 3.58. The van der Waals surface area contributed by atoms with Crippen LogP contribution in [0, 0.1) is 0 Å². The van der Waals surface area contributed by atoms with E-state index in [0.717, 1.165) is 0 Å². The maximum Gasteiger partial charge on any atom is 0.411 e. The van der Waals surface area contributed by atoms with Crippen LogP contribution in [0.4, 0.5) is 10.5 Å². The number of ether oxygens (including phenoxy) is 3. The lowest BCUT2D eigenvalue weighted by Gasteiger charge is -2.06. The normalized spacial score (nSPS) is 10.4. The molecule has 124 valence electrons. The van der Waals surface area contributed by atoms with Crippen molar-refractivity contribution in [1.29, 1.82) is 0 Å². The van der Waals surface area contributed by atoms with Crippen LogP contribution in [-0.2, 0) is 9.47 Å². The van der Waals surface area contributed by atoms with Crippen molar-refractivity contribution < 1.29 is 28.2 Å². The Morgan fingerprint density at radius 1 is 1.22 bits per heavy atom. The average molecular weight is 386 g/mol. The standard InChI is InChI=1S/C15H16BrNO6/c1-4-21-14(18)13-12(17-15(19)22-5-2)8-6-9(16)11(20-3)7-10(8)23-13/h6-7H,4-5H2,1-3H3,(H,17,19). The van der Waals surface area contributed by atoms with Crippen LogP contribution in [0.3, 0.4) is 0 Å². The van der Waals surface area contributed by atoms with Gasteiger partial charge in [-0.15, -0.1) is 0 Å². The summed E-state index contributed by atoms with van der Waals surface area (Å²) in [6.07, 6.45) is -0.687. The van der Waals surface area contributed by atoms with E-state index >= 15 is 0 Å². The number of hydrogen-bond acceptors (Lipinski definition) is 6. The van der Waals surface area contributed by atoms with Crippen LogP contribution in [0.2, 0.25) is 0 Å². The number of fused-ring (bicyclic) bond motifs is 1. The largest absolute Gasteiger partial charge is 0.495 e. The number of hydrogen-bond donors (Lipinski definition) is 1. The lowest BCUT2D eigenvalue weighted by Crippen LogP contribution is -2.15. The summed E-state index contributed by atoms with van der Waals surface area (Å²) < 4.78 is 21.2. The van der Waals surface area contributed by atoms with E-state index in [4.69, 9.17) is 18.6 Å². The first-order valence-electron chi connectivity index (χ1n) is 6.92. The molecule has 0 spiro atoms. The predicted molar refractivity (Wildman–Crippen MR) is 87.1 cm³/mol. The van der Waals surface area contributed by atoms with E-state index in [1.54, 1.807) is 26.0 Å². The van der Waals surface area contributed by atoms with Gasteiger partial charge in [0.15, 0.2) is 0 Å². The molecule has 0 saturated heterocycles. The van der Waals surface area contributed by atoms with E-state index in [2.05, 4.69) is 21.2 Å². The Morgan fingerprint density at radius 3 is 2.52 bits per heavy atom. The molecular weight excluding hydrogens is 370 g/mol. The zero-order valence-electron chi connectivity index (χ0n) is 12.9. The minimum absolute atomic E-state index is 0.102. The summed E-state index contributed by atoms with van der Waals surface area (Å²) in [5, 5.41) is 3.04. The van der Waals surface area contributed by atoms with Crippen molar-refractivity contribution in [3.05, 3.63) is 22.4 Å². The number of rotatable bonds is 5. The second-order valence-corrected chi connectivity index (χ2v) is 5.21. The summed E-state index contributed by atoms with van der Waals surface area (Å²) in [7, 11) is 1.51. The van der Waals surface area contributed by atoms with Crippen LogP contribution in [0.25, 0.3) is 11.0 Å². The molecule has 1 heterocycles. The van der Waals surface area contributed by atoms with Gasteiger partial charge in [0, 0.05) is 11.5 Å². The zero-order valence-corrected chi connectivity index (χ0v) is 14.5. The van der Waals surface area contributed by atoms with E-state index in [1.165, 1.54) is 7.11 Å². The minimum atomic E-state index is -0.687. The SMILES string of the molecule is CCOC(=O)Nc1c(C(=O)OCC)oc2cc(OC)c(Br)cc12. The van der Waals surface area contributed by atoms with Crippen LogP contribution in [0.1, 0.15) is 24.4 Å². The second-order valence-electron chi connectivity index (χ2n) is 4.36. The summed E-state index contributed by atoms with van der Waals surface area (Å²) in [5.74, 6) is -0.245. The van der Waals surface area contributed by atoms with Gasteiger partial charge in [0.25, 0.3) is 0 Å².